The number of hydrogen-bond donors (Lipinski definition) is 4. The molecule has 13 heteroatoms. The first-order chi connectivity index (χ1) is 13.1. The summed E-state index contributed by atoms with van der Waals surface area (Å²) < 4.78 is 27.7. The van der Waals surface area contributed by atoms with Crippen molar-refractivity contribution in [2.45, 2.75) is 37.0 Å². The number of carbonyl (C=O) groups is 1. The summed E-state index contributed by atoms with van der Waals surface area (Å²) in [5.41, 5.74) is -3.91. The molecule has 4 N–H and O–H groups in total. The van der Waals surface area contributed by atoms with Crippen molar-refractivity contribution in [3.8, 4) is 12.3 Å². The van der Waals surface area contributed by atoms with Gasteiger partial charge in [-0.1, -0.05) is 5.92 Å². The van der Waals surface area contributed by atoms with E-state index in [9.17, 15) is 29.2 Å². The number of aromatic nitrogens is 2. The highest BCUT2D eigenvalue weighted by Gasteiger charge is 2.56. The Morgan fingerprint density at radius 3 is 2.86 bits per heavy atom. The van der Waals surface area contributed by atoms with Gasteiger partial charge in [-0.15, -0.1) is 6.42 Å². The van der Waals surface area contributed by atoms with Gasteiger partial charge in [-0.2, -0.15) is 0 Å². The molecule has 0 amide bonds. The second kappa shape index (κ2) is 8.83. The maximum atomic E-state index is 12.0. The lowest BCUT2D eigenvalue weighted by Gasteiger charge is -2.26. The third kappa shape index (κ3) is 4.41. The second-order valence-electron chi connectivity index (χ2n) is 5.95. The number of nitrogens with zero attached hydrogens (tertiary/aromatic N) is 1. The van der Waals surface area contributed by atoms with Crippen molar-refractivity contribution in [3.05, 3.63) is 33.1 Å². The molecule has 0 aliphatic carbocycles. The predicted octanol–water partition coefficient (Wildman–Crippen LogP) is -2.28. The molecule has 1 aliphatic rings. The van der Waals surface area contributed by atoms with Crippen LogP contribution in [0.2, 0.25) is 0 Å². The number of methoxy groups -OCH3 is 1. The summed E-state index contributed by atoms with van der Waals surface area (Å²) in [5, 5.41) is 23.3. The Labute approximate surface area is 159 Å². The zero-order chi connectivity index (χ0) is 21.1. The van der Waals surface area contributed by atoms with Gasteiger partial charge in [0.05, 0.1) is 13.7 Å². The number of carbonyl (C=O) groups excluding carboxylic acids is 1. The van der Waals surface area contributed by atoms with Crippen LogP contribution in [-0.4, -0.2) is 63.3 Å². The standard InChI is InChI=1S/C15H20N3O9P/c1-4-15(23)11(20)9(7-26-28(24)17-8(2)12(21)25-3)27-13(15)18-6-5-10(19)16-14(18)22/h1,5-6,8-9,11,13,20,23,28H,7H2,2-3H3,(H,17,24)(H,16,19,22)/t8-,9+,11+,13+,15+/m0/s1. The van der Waals surface area contributed by atoms with Gasteiger partial charge < -0.3 is 24.2 Å². The van der Waals surface area contributed by atoms with Gasteiger partial charge >= 0.3 is 11.7 Å². The number of aromatic amines is 1. The summed E-state index contributed by atoms with van der Waals surface area (Å²) in [7, 11) is -1.77. The van der Waals surface area contributed by atoms with Crippen LogP contribution in [0, 0.1) is 12.3 Å². The molecule has 2 heterocycles. The fourth-order valence-electron chi connectivity index (χ4n) is 2.56. The van der Waals surface area contributed by atoms with E-state index in [-0.39, 0.29) is 0 Å². The van der Waals surface area contributed by atoms with Gasteiger partial charge in [-0.3, -0.25) is 23.7 Å². The molecule has 1 unspecified atom stereocenters. The van der Waals surface area contributed by atoms with Gasteiger partial charge in [0, 0.05) is 12.3 Å². The number of rotatable bonds is 7. The molecule has 1 aromatic heterocycles. The molecule has 154 valence electrons. The minimum Gasteiger partial charge on any atom is -0.468 e. The Hall–Kier alpha value is -2.26. The minimum absolute atomic E-state index is 0.474. The molecule has 28 heavy (non-hydrogen) atoms. The molecule has 1 aliphatic heterocycles. The number of ether oxygens (including phenoxy) is 2. The van der Waals surface area contributed by atoms with Crippen molar-refractivity contribution in [3.63, 3.8) is 0 Å². The lowest BCUT2D eigenvalue weighted by Crippen LogP contribution is -2.48. The summed E-state index contributed by atoms with van der Waals surface area (Å²) in [6, 6.07) is 0.107. The van der Waals surface area contributed by atoms with E-state index in [0.717, 1.165) is 16.8 Å². The normalized spacial score (nSPS) is 29.0. The van der Waals surface area contributed by atoms with Crippen molar-refractivity contribution in [1.82, 2.24) is 14.6 Å². The number of esters is 1. The Kier molecular flexibility index (Phi) is 6.95. The average Bonchev–Trinajstić information content (AvgIpc) is 2.91. The molecule has 0 aromatic carbocycles. The van der Waals surface area contributed by atoms with E-state index in [2.05, 4.69) is 9.82 Å². The summed E-state index contributed by atoms with van der Waals surface area (Å²) in [5.74, 6) is 1.33. The van der Waals surface area contributed by atoms with Crippen molar-refractivity contribution in [2.75, 3.05) is 13.7 Å². The molecule has 0 saturated carbocycles. The molecule has 1 aromatic rings. The predicted molar refractivity (Wildman–Crippen MR) is 94.6 cm³/mol. The molecule has 12 nitrogen and oxygen atoms in total. The van der Waals surface area contributed by atoms with E-state index in [1.165, 1.54) is 14.0 Å². The van der Waals surface area contributed by atoms with Crippen LogP contribution in [0.5, 0.6) is 0 Å². The number of terminal acetylenes is 1. The Balaban J connectivity index is 2.12. The smallest absolute Gasteiger partial charge is 0.330 e. The van der Waals surface area contributed by atoms with Crippen LogP contribution >= 0.6 is 8.18 Å². The fourth-order valence-corrected chi connectivity index (χ4v) is 3.43. The first kappa shape index (κ1) is 22.0. The summed E-state index contributed by atoms with van der Waals surface area (Å²) in [6.45, 7) is 0.937. The molecule has 1 saturated heterocycles. The van der Waals surface area contributed by atoms with Crippen molar-refractivity contribution in [2.24, 2.45) is 0 Å². The maximum Gasteiger partial charge on any atom is 0.330 e. The summed E-state index contributed by atoms with van der Waals surface area (Å²) >= 11 is 0. The van der Waals surface area contributed by atoms with Crippen molar-refractivity contribution < 1.29 is 33.6 Å². The van der Waals surface area contributed by atoms with Gasteiger partial charge in [0.2, 0.25) is 0 Å². The molecule has 1 fully saturated rings. The number of aliphatic hydroxyl groups is 2. The summed E-state index contributed by atoms with van der Waals surface area (Å²) in [6.07, 6.45) is 1.87. The topological polar surface area (TPSA) is 169 Å². The van der Waals surface area contributed by atoms with E-state index >= 15 is 0 Å². The molecule has 0 radical (unpaired) electrons. The largest absolute Gasteiger partial charge is 0.468 e. The van der Waals surface area contributed by atoms with Crippen LogP contribution < -0.4 is 16.3 Å². The van der Waals surface area contributed by atoms with E-state index in [0.29, 0.717) is 0 Å². The average molecular weight is 417 g/mol. The number of hydrogen-bond acceptors (Lipinski definition) is 9. The van der Waals surface area contributed by atoms with Gasteiger partial charge in [0.1, 0.15) is 18.2 Å². The molecular weight excluding hydrogens is 397 g/mol. The van der Waals surface area contributed by atoms with Gasteiger partial charge in [-0.05, 0) is 6.92 Å². The monoisotopic (exact) mass is 417 g/mol. The first-order valence-electron chi connectivity index (χ1n) is 8.00. The number of H-pyrrole nitrogens is 1. The van der Waals surface area contributed by atoms with Gasteiger partial charge in [0.25, 0.3) is 13.7 Å². The molecular formula is C15H20N3O9P. The lowest BCUT2D eigenvalue weighted by atomic mass is 9.95. The Morgan fingerprint density at radius 1 is 1.61 bits per heavy atom. The van der Waals surface area contributed by atoms with E-state index < -0.39 is 62.1 Å². The molecule has 0 bridgehead atoms. The first-order valence-corrected chi connectivity index (χ1v) is 9.32. The van der Waals surface area contributed by atoms with Crippen LogP contribution in [0.4, 0.5) is 0 Å². The van der Waals surface area contributed by atoms with Crippen LogP contribution in [0.3, 0.4) is 0 Å². The SMILES string of the molecule is C#C[C@@]1(O)[C@H](O)[C@@H](CO[PH](=O)N[C@@H](C)C(=O)OC)O[C@H]1n1ccc(=O)[nH]c1=O. The van der Waals surface area contributed by atoms with Crippen LogP contribution in [0.15, 0.2) is 21.9 Å². The highest BCUT2D eigenvalue weighted by molar-refractivity contribution is 7.36. The van der Waals surface area contributed by atoms with Gasteiger partial charge in [0.15, 0.2) is 11.8 Å². The highest BCUT2D eigenvalue weighted by atomic mass is 31.1. The molecule has 2 rings (SSSR count). The van der Waals surface area contributed by atoms with Crippen molar-refractivity contribution >= 4 is 14.1 Å². The fraction of sp³-hybridized carbons (Fsp3) is 0.533. The van der Waals surface area contributed by atoms with Crippen molar-refractivity contribution in [1.29, 1.82) is 0 Å². The minimum atomic E-state index is -2.93. The van der Waals surface area contributed by atoms with E-state index in [1.54, 1.807) is 0 Å². The van der Waals surface area contributed by atoms with Crippen LogP contribution in [0.25, 0.3) is 0 Å². The van der Waals surface area contributed by atoms with E-state index in [4.69, 9.17) is 15.7 Å². The molecule has 6 atom stereocenters. The Morgan fingerprint density at radius 2 is 2.29 bits per heavy atom. The van der Waals surface area contributed by atoms with Gasteiger partial charge in [-0.25, -0.2) is 9.88 Å². The number of nitrogens with one attached hydrogen (secondary N) is 2. The summed E-state index contributed by atoms with van der Waals surface area (Å²) in [4.78, 5) is 36.4. The Bertz CT molecular complexity index is 907. The second-order valence-corrected chi connectivity index (χ2v) is 7.10. The zero-order valence-corrected chi connectivity index (χ0v) is 15.9. The van der Waals surface area contributed by atoms with E-state index in [1.807, 2.05) is 10.9 Å². The third-order valence-electron chi connectivity index (χ3n) is 4.09. The number of aliphatic hydroxyl groups excluding tert-OH is 1. The maximum absolute atomic E-state index is 12.0. The van der Waals surface area contributed by atoms with Crippen LogP contribution in [0.1, 0.15) is 13.2 Å². The quantitative estimate of drug-likeness (QED) is 0.215. The zero-order valence-electron chi connectivity index (χ0n) is 14.9. The highest BCUT2D eigenvalue weighted by Crippen LogP contribution is 2.38. The lowest BCUT2D eigenvalue weighted by molar-refractivity contribution is -0.142. The van der Waals surface area contributed by atoms with Crippen LogP contribution in [-0.2, 0) is 23.4 Å². The third-order valence-corrected chi connectivity index (χ3v) is 5.18. The molecule has 0 spiro atoms.